The molecule has 1 amide bonds. The molecule has 0 bridgehead atoms. The van der Waals surface area contributed by atoms with E-state index in [0.717, 1.165) is 12.8 Å². The Morgan fingerprint density at radius 1 is 1.31 bits per heavy atom. The molecule has 5 N–H and O–H groups in total. The SMILES string of the molecule is CCC1(N)CC1c1ccc(NC(=O)c2ccc(NC(C)O)cc2Cl)cc1. The molecule has 0 aliphatic heterocycles. The van der Waals surface area contributed by atoms with Crippen molar-refractivity contribution in [2.75, 3.05) is 10.6 Å². The number of aliphatic hydroxyl groups excluding tert-OH is 1. The molecule has 3 unspecified atom stereocenters. The molecule has 0 spiro atoms. The highest BCUT2D eigenvalue weighted by Gasteiger charge is 2.49. The molecule has 0 heterocycles. The molecule has 1 fully saturated rings. The van der Waals surface area contributed by atoms with Gasteiger partial charge in [-0.25, -0.2) is 0 Å². The lowest BCUT2D eigenvalue weighted by molar-refractivity contribution is 0.102. The molecule has 1 saturated carbocycles. The molecule has 3 atom stereocenters. The maximum absolute atomic E-state index is 12.5. The van der Waals surface area contributed by atoms with Crippen molar-refractivity contribution in [3.05, 3.63) is 58.6 Å². The number of anilines is 2. The molecule has 0 aromatic heterocycles. The average Bonchev–Trinajstić information content (AvgIpc) is 3.27. The number of halogens is 1. The van der Waals surface area contributed by atoms with E-state index in [1.54, 1.807) is 25.1 Å². The monoisotopic (exact) mass is 373 g/mol. The van der Waals surface area contributed by atoms with Crippen LogP contribution in [0.2, 0.25) is 5.02 Å². The average molecular weight is 374 g/mol. The molecule has 0 saturated heterocycles. The molecule has 1 aliphatic rings. The van der Waals surface area contributed by atoms with Crippen molar-refractivity contribution in [3.8, 4) is 0 Å². The zero-order valence-electron chi connectivity index (χ0n) is 14.9. The van der Waals surface area contributed by atoms with Crippen molar-refractivity contribution in [2.45, 2.75) is 44.4 Å². The van der Waals surface area contributed by atoms with Crippen LogP contribution in [0.5, 0.6) is 0 Å². The van der Waals surface area contributed by atoms with Gasteiger partial charge < -0.3 is 21.5 Å². The van der Waals surface area contributed by atoms with Crippen LogP contribution >= 0.6 is 11.6 Å². The van der Waals surface area contributed by atoms with Gasteiger partial charge in [0.2, 0.25) is 0 Å². The third-order valence-electron chi connectivity index (χ3n) is 4.94. The van der Waals surface area contributed by atoms with Gasteiger partial charge in [0.1, 0.15) is 6.23 Å². The van der Waals surface area contributed by atoms with Crippen LogP contribution < -0.4 is 16.4 Å². The number of nitrogens with one attached hydrogen (secondary N) is 2. The number of benzene rings is 2. The summed E-state index contributed by atoms with van der Waals surface area (Å²) >= 11 is 6.20. The fourth-order valence-electron chi connectivity index (χ4n) is 3.19. The number of nitrogens with two attached hydrogens (primary N) is 1. The maximum atomic E-state index is 12.5. The summed E-state index contributed by atoms with van der Waals surface area (Å²) in [6.45, 7) is 3.72. The van der Waals surface area contributed by atoms with Crippen LogP contribution in [0.3, 0.4) is 0 Å². The summed E-state index contributed by atoms with van der Waals surface area (Å²) in [5.74, 6) is 0.125. The summed E-state index contributed by atoms with van der Waals surface area (Å²) in [7, 11) is 0. The van der Waals surface area contributed by atoms with E-state index in [1.165, 1.54) is 5.56 Å². The van der Waals surface area contributed by atoms with Crippen LogP contribution in [-0.2, 0) is 0 Å². The standard InChI is InChI=1S/C20H24ClN3O2/c1-3-20(22)11-17(20)13-4-6-14(7-5-13)24-19(26)16-9-8-15(10-18(16)21)23-12(2)25/h4-10,12,17,23,25H,3,11,22H2,1-2H3,(H,24,26). The lowest BCUT2D eigenvalue weighted by Gasteiger charge is -2.12. The highest BCUT2D eigenvalue weighted by atomic mass is 35.5. The second-order valence-electron chi connectivity index (χ2n) is 6.93. The van der Waals surface area contributed by atoms with Gasteiger partial charge in [0.15, 0.2) is 0 Å². The summed E-state index contributed by atoms with van der Waals surface area (Å²) < 4.78 is 0. The Hall–Kier alpha value is -2.08. The van der Waals surface area contributed by atoms with E-state index in [1.807, 2.05) is 24.3 Å². The molecule has 138 valence electrons. The van der Waals surface area contributed by atoms with Crippen molar-refractivity contribution in [1.29, 1.82) is 0 Å². The molecule has 26 heavy (non-hydrogen) atoms. The summed E-state index contributed by atoms with van der Waals surface area (Å²) in [5.41, 5.74) is 9.14. The molecule has 5 nitrogen and oxygen atoms in total. The van der Waals surface area contributed by atoms with Crippen LogP contribution in [0.15, 0.2) is 42.5 Å². The zero-order valence-corrected chi connectivity index (χ0v) is 15.7. The highest BCUT2D eigenvalue weighted by molar-refractivity contribution is 6.34. The van der Waals surface area contributed by atoms with Crippen molar-refractivity contribution in [2.24, 2.45) is 5.73 Å². The first kappa shape index (κ1) is 18.7. The van der Waals surface area contributed by atoms with Gasteiger partial charge in [0.05, 0.1) is 10.6 Å². The first-order valence-corrected chi connectivity index (χ1v) is 9.14. The lowest BCUT2D eigenvalue weighted by atomic mass is 10.0. The number of hydrogen-bond donors (Lipinski definition) is 4. The Balaban J connectivity index is 1.66. The second kappa shape index (κ2) is 7.27. The summed E-state index contributed by atoms with van der Waals surface area (Å²) in [5, 5.41) is 15.3. The molecule has 0 radical (unpaired) electrons. The topological polar surface area (TPSA) is 87.4 Å². The minimum Gasteiger partial charge on any atom is -0.374 e. The van der Waals surface area contributed by atoms with Gasteiger partial charge >= 0.3 is 0 Å². The van der Waals surface area contributed by atoms with E-state index in [9.17, 15) is 9.90 Å². The van der Waals surface area contributed by atoms with Crippen LogP contribution in [0.25, 0.3) is 0 Å². The Bertz CT molecular complexity index is 807. The van der Waals surface area contributed by atoms with Gasteiger partial charge in [0, 0.05) is 22.8 Å². The molecule has 2 aromatic rings. The van der Waals surface area contributed by atoms with Crippen molar-refractivity contribution in [1.82, 2.24) is 0 Å². The normalized spacial score (nSPS) is 22.6. The van der Waals surface area contributed by atoms with Crippen molar-refractivity contribution >= 4 is 28.9 Å². The van der Waals surface area contributed by atoms with Gasteiger partial charge in [-0.05, 0) is 55.7 Å². The fourth-order valence-corrected chi connectivity index (χ4v) is 3.46. The smallest absolute Gasteiger partial charge is 0.257 e. The van der Waals surface area contributed by atoms with E-state index in [2.05, 4.69) is 17.6 Å². The first-order chi connectivity index (χ1) is 12.3. The van der Waals surface area contributed by atoms with E-state index < -0.39 is 6.23 Å². The summed E-state index contributed by atoms with van der Waals surface area (Å²) in [6.07, 6.45) is 1.28. The van der Waals surface area contributed by atoms with Gasteiger partial charge in [-0.3, -0.25) is 4.79 Å². The largest absolute Gasteiger partial charge is 0.374 e. The van der Waals surface area contributed by atoms with E-state index in [-0.39, 0.29) is 11.4 Å². The number of hydrogen-bond acceptors (Lipinski definition) is 4. The predicted molar refractivity (Wildman–Crippen MR) is 106 cm³/mol. The van der Waals surface area contributed by atoms with E-state index >= 15 is 0 Å². The number of aliphatic hydroxyl groups is 1. The molecule has 6 heteroatoms. The third-order valence-corrected chi connectivity index (χ3v) is 5.25. The third kappa shape index (κ3) is 4.01. The van der Waals surface area contributed by atoms with Gasteiger partial charge in [-0.1, -0.05) is 30.7 Å². The molecular formula is C20H24ClN3O2. The van der Waals surface area contributed by atoms with Crippen LogP contribution in [0.4, 0.5) is 11.4 Å². The van der Waals surface area contributed by atoms with Crippen LogP contribution in [0.1, 0.15) is 48.5 Å². The summed E-state index contributed by atoms with van der Waals surface area (Å²) in [6, 6.07) is 12.8. The maximum Gasteiger partial charge on any atom is 0.257 e. The Morgan fingerprint density at radius 2 is 1.96 bits per heavy atom. The van der Waals surface area contributed by atoms with Crippen molar-refractivity contribution < 1.29 is 9.90 Å². The number of rotatable bonds is 6. The number of amides is 1. The first-order valence-electron chi connectivity index (χ1n) is 8.77. The number of carbonyl (C=O) groups is 1. The minimum atomic E-state index is -0.698. The Labute approximate surface area is 158 Å². The highest BCUT2D eigenvalue weighted by Crippen LogP contribution is 2.51. The molecule has 2 aromatic carbocycles. The fraction of sp³-hybridized carbons (Fsp3) is 0.350. The van der Waals surface area contributed by atoms with Gasteiger partial charge in [-0.2, -0.15) is 0 Å². The van der Waals surface area contributed by atoms with Crippen molar-refractivity contribution in [3.63, 3.8) is 0 Å². The van der Waals surface area contributed by atoms with Gasteiger partial charge in [-0.15, -0.1) is 0 Å². The van der Waals surface area contributed by atoms with Crippen LogP contribution in [-0.4, -0.2) is 22.8 Å². The van der Waals surface area contributed by atoms with E-state index in [4.69, 9.17) is 17.3 Å². The minimum absolute atomic E-state index is 0.0693. The molecule has 1 aliphatic carbocycles. The Morgan fingerprint density at radius 3 is 2.50 bits per heavy atom. The lowest BCUT2D eigenvalue weighted by Crippen LogP contribution is -2.22. The van der Waals surface area contributed by atoms with E-state index in [0.29, 0.717) is 27.9 Å². The Kier molecular flexibility index (Phi) is 5.23. The molecule has 3 rings (SSSR count). The zero-order chi connectivity index (χ0) is 18.9. The van der Waals surface area contributed by atoms with Gasteiger partial charge in [0.25, 0.3) is 5.91 Å². The number of carbonyl (C=O) groups excluding carboxylic acids is 1. The predicted octanol–water partition coefficient (Wildman–Crippen LogP) is 3.94. The van der Waals surface area contributed by atoms with Crippen LogP contribution in [0, 0.1) is 0 Å². The summed E-state index contributed by atoms with van der Waals surface area (Å²) in [4.78, 5) is 12.5. The quantitative estimate of drug-likeness (QED) is 0.577. The molecular weight excluding hydrogens is 350 g/mol. The second-order valence-corrected chi connectivity index (χ2v) is 7.34.